The second-order valence-electron chi connectivity index (χ2n) is 8.26. The molecule has 0 unspecified atom stereocenters. The molecule has 0 fully saturated rings. The van der Waals surface area contributed by atoms with E-state index in [-0.39, 0.29) is 5.91 Å². The summed E-state index contributed by atoms with van der Waals surface area (Å²) in [5, 5.41) is 14.2. The zero-order chi connectivity index (χ0) is 31.5. The Morgan fingerprint density at radius 3 is 1.95 bits per heavy atom. The molecule has 16 heteroatoms. The molecule has 1 aromatic carbocycles. The summed E-state index contributed by atoms with van der Waals surface area (Å²) in [6.45, 7) is 2.94. The van der Waals surface area contributed by atoms with Gasteiger partial charge in [-0.3, -0.25) is 14.2 Å². The van der Waals surface area contributed by atoms with Crippen molar-refractivity contribution in [1.82, 2.24) is 24.3 Å². The summed E-state index contributed by atoms with van der Waals surface area (Å²) >= 11 is 0. The number of halogens is 6. The van der Waals surface area contributed by atoms with Crippen LogP contribution in [0.4, 0.5) is 26.3 Å². The number of carbonyl (C=O) groups excluding carboxylic acids is 1. The quantitative estimate of drug-likeness (QED) is 0.307. The SMILES string of the molecule is Cc1nc2ncccn2c1C(=O)N(CCc1ccccc1)Cc1cccnc1.O=C(O)C(F)(F)F.O=C(O)C(F)(F)F. The molecular weight excluding hydrogens is 576 g/mol. The van der Waals surface area contributed by atoms with Crippen LogP contribution in [-0.2, 0) is 22.6 Å². The number of amides is 1. The number of hydrogen-bond donors (Lipinski definition) is 2. The van der Waals surface area contributed by atoms with Gasteiger partial charge in [0.25, 0.3) is 5.91 Å². The predicted molar refractivity (Wildman–Crippen MR) is 134 cm³/mol. The van der Waals surface area contributed by atoms with Crippen LogP contribution in [0, 0.1) is 6.92 Å². The average molecular weight is 599 g/mol. The highest BCUT2D eigenvalue weighted by Gasteiger charge is 2.38. The summed E-state index contributed by atoms with van der Waals surface area (Å²) < 4.78 is 65.2. The Kier molecular flexibility index (Phi) is 11.5. The number of aromatic nitrogens is 4. The number of hydrogen-bond acceptors (Lipinski definition) is 6. The average Bonchev–Trinajstić information content (AvgIpc) is 3.27. The zero-order valence-corrected chi connectivity index (χ0v) is 21.7. The maximum Gasteiger partial charge on any atom is 0.490 e. The molecule has 0 spiro atoms. The molecule has 42 heavy (non-hydrogen) atoms. The maximum atomic E-state index is 13.5. The van der Waals surface area contributed by atoms with Crippen LogP contribution in [0.25, 0.3) is 5.78 Å². The molecule has 3 aromatic heterocycles. The maximum absolute atomic E-state index is 13.5. The molecule has 0 saturated carbocycles. The molecule has 0 saturated heterocycles. The Hall–Kier alpha value is -5.02. The second-order valence-corrected chi connectivity index (χ2v) is 8.26. The Labute approximate surface area is 233 Å². The fraction of sp³-hybridized carbons (Fsp3) is 0.231. The number of rotatable bonds is 6. The van der Waals surface area contributed by atoms with Crippen LogP contribution < -0.4 is 0 Å². The second kappa shape index (κ2) is 14.6. The van der Waals surface area contributed by atoms with E-state index in [0.717, 1.165) is 12.0 Å². The van der Waals surface area contributed by atoms with Gasteiger partial charge in [0, 0.05) is 37.9 Å². The van der Waals surface area contributed by atoms with Gasteiger partial charge >= 0.3 is 24.3 Å². The summed E-state index contributed by atoms with van der Waals surface area (Å²) in [7, 11) is 0. The van der Waals surface area contributed by atoms with Crippen LogP contribution in [0.2, 0.25) is 0 Å². The summed E-state index contributed by atoms with van der Waals surface area (Å²) in [6.07, 6.45) is -2.35. The Bertz CT molecular complexity index is 1450. The van der Waals surface area contributed by atoms with Gasteiger partial charge in [-0.15, -0.1) is 0 Å². The van der Waals surface area contributed by atoms with E-state index in [1.165, 1.54) is 5.56 Å². The van der Waals surface area contributed by atoms with Gasteiger partial charge in [-0.25, -0.2) is 19.6 Å². The van der Waals surface area contributed by atoms with Crippen LogP contribution in [-0.4, -0.2) is 71.2 Å². The van der Waals surface area contributed by atoms with Crippen molar-refractivity contribution in [3.05, 3.63) is 95.8 Å². The molecule has 0 bridgehead atoms. The van der Waals surface area contributed by atoms with Gasteiger partial charge in [0.15, 0.2) is 0 Å². The first-order valence-electron chi connectivity index (χ1n) is 11.7. The van der Waals surface area contributed by atoms with Gasteiger partial charge in [-0.05, 0) is 36.6 Å². The monoisotopic (exact) mass is 599 g/mol. The first-order valence-corrected chi connectivity index (χ1v) is 11.7. The van der Waals surface area contributed by atoms with Crippen LogP contribution in [0.5, 0.6) is 0 Å². The van der Waals surface area contributed by atoms with Crippen molar-refractivity contribution in [2.75, 3.05) is 6.54 Å². The molecule has 2 N–H and O–H groups in total. The standard InChI is InChI=1S/C22H21N5O.2C2HF3O2/c1-17-20(27-13-6-12-24-22(27)25-17)21(28)26(16-19-9-5-11-23-15-19)14-10-18-7-3-2-4-8-18;2*3-2(4,5)1(6)7/h2-9,11-13,15H,10,14,16H2,1H3;2*(H,6,7). The van der Waals surface area contributed by atoms with Crippen LogP contribution in [0.15, 0.2) is 73.3 Å². The highest BCUT2D eigenvalue weighted by molar-refractivity contribution is 5.94. The van der Waals surface area contributed by atoms with Crippen molar-refractivity contribution in [2.45, 2.75) is 32.2 Å². The lowest BCUT2D eigenvalue weighted by molar-refractivity contribution is -0.193. The summed E-state index contributed by atoms with van der Waals surface area (Å²) in [6, 6.07) is 15.9. The van der Waals surface area contributed by atoms with E-state index in [1.54, 1.807) is 29.1 Å². The van der Waals surface area contributed by atoms with Crippen LogP contribution >= 0.6 is 0 Å². The smallest absolute Gasteiger partial charge is 0.475 e. The molecule has 10 nitrogen and oxygen atoms in total. The van der Waals surface area contributed by atoms with E-state index in [1.807, 2.05) is 48.4 Å². The number of fused-ring (bicyclic) bond motifs is 1. The number of benzene rings is 1. The Morgan fingerprint density at radius 1 is 0.857 bits per heavy atom. The molecular formula is C26H23F6N5O5. The summed E-state index contributed by atoms with van der Waals surface area (Å²) in [5.74, 6) is -5.04. The molecule has 0 atom stereocenters. The first kappa shape index (κ1) is 33.2. The van der Waals surface area contributed by atoms with Crippen LogP contribution in [0.3, 0.4) is 0 Å². The van der Waals surface area contributed by atoms with Gasteiger partial charge in [0.05, 0.1) is 5.69 Å². The molecule has 224 valence electrons. The number of imidazole rings is 1. The number of aliphatic carboxylic acids is 2. The third kappa shape index (κ3) is 10.2. The Balaban J connectivity index is 0.000000367. The fourth-order valence-electron chi connectivity index (χ4n) is 3.28. The van der Waals surface area contributed by atoms with E-state index in [4.69, 9.17) is 19.8 Å². The number of nitrogens with zero attached hydrogens (tertiary/aromatic N) is 5. The fourth-order valence-corrected chi connectivity index (χ4v) is 3.28. The lowest BCUT2D eigenvalue weighted by Crippen LogP contribution is -2.33. The van der Waals surface area contributed by atoms with E-state index >= 15 is 0 Å². The van der Waals surface area contributed by atoms with Gasteiger partial charge in [0.2, 0.25) is 5.78 Å². The molecule has 3 heterocycles. The number of carboxylic acid groups (broad SMARTS) is 2. The van der Waals surface area contributed by atoms with Crippen molar-refractivity contribution in [3.63, 3.8) is 0 Å². The third-order valence-electron chi connectivity index (χ3n) is 5.16. The number of alkyl halides is 6. The highest BCUT2D eigenvalue weighted by Crippen LogP contribution is 2.16. The molecule has 4 aromatic rings. The topological polar surface area (TPSA) is 138 Å². The molecule has 0 radical (unpaired) electrons. The highest BCUT2D eigenvalue weighted by atomic mass is 19.4. The van der Waals surface area contributed by atoms with Gasteiger partial charge in [-0.2, -0.15) is 26.3 Å². The zero-order valence-electron chi connectivity index (χ0n) is 21.7. The molecule has 0 aliphatic carbocycles. The first-order chi connectivity index (χ1) is 19.6. The lowest BCUT2D eigenvalue weighted by Gasteiger charge is -2.23. The third-order valence-corrected chi connectivity index (χ3v) is 5.16. The molecule has 0 aliphatic rings. The lowest BCUT2D eigenvalue weighted by atomic mass is 10.1. The minimum absolute atomic E-state index is 0.0576. The molecule has 4 rings (SSSR count). The van der Waals surface area contributed by atoms with Crippen molar-refractivity contribution in [2.24, 2.45) is 0 Å². The van der Waals surface area contributed by atoms with Crippen molar-refractivity contribution >= 4 is 23.6 Å². The van der Waals surface area contributed by atoms with Crippen molar-refractivity contribution < 1.29 is 50.9 Å². The van der Waals surface area contributed by atoms with Crippen molar-refractivity contribution in [3.8, 4) is 0 Å². The van der Waals surface area contributed by atoms with E-state index < -0.39 is 24.3 Å². The van der Waals surface area contributed by atoms with E-state index in [2.05, 4.69) is 27.1 Å². The number of carbonyl (C=O) groups is 3. The van der Waals surface area contributed by atoms with E-state index in [9.17, 15) is 31.1 Å². The number of pyridine rings is 1. The van der Waals surface area contributed by atoms with Crippen LogP contribution in [0.1, 0.15) is 27.3 Å². The predicted octanol–water partition coefficient (Wildman–Crippen LogP) is 4.58. The molecule has 1 amide bonds. The van der Waals surface area contributed by atoms with Gasteiger partial charge in [0.1, 0.15) is 5.69 Å². The minimum atomic E-state index is -5.08. The Morgan fingerprint density at radius 2 is 1.43 bits per heavy atom. The minimum Gasteiger partial charge on any atom is -0.475 e. The summed E-state index contributed by atoms with van der Waals surface area (Å²) in [5.41, 5.74) is 3.43. The number of aryl methyl sites for hydroxylation is 1. The van der Waals surface area contributed by atoms with Crippen molar-refractivity contribution in [1.29, 1.82) is 0 Å². The molecule has 0 aliphatic heterocycles. The normalized spacial score (nSPS) is 11.0. The number of carboxylic acids is 2. The van der Waals surface area contributed by atoms with Gasteiger partial charge < -0.3 is 15.1 Å². The largest absolute Gasteiger partial charge is 0.490 e. The summed E-state index contributed by atoms with van der Waals surface area (Å²) in [4.78, 5) is 46.0. The van der Waals surface area contributed by atoms with Gasteiger partial charge in [-0.1, -0.05) is 36.4 Å². The van der Waals surface area contributed by atoms with E-state index in [0.29, 0.717) is 30.3 Å².